The van der Waals surface area contributed by atoms with Crippen LogP contribution >= 0.6 is 15.9 Å². The molecule has 0 aliphatic rings. The summed E-state index contributed by atoms with van der Waals surface area (Å²) in [6, 6.07) is 12.2. The number of sulfonamides is 1. The van der Waals surface area contributed by atoms with Gasteiger partial charge < -0.3 is 15.4 Å². The van der Waals surface area contributed by atoms with Crippen molar-refractivity contribution >= 4 is 31.9 Å². The van der Waals surface area contributed by atoms with E-state index in [-0.39, 0.29) is 22.9 Å². The average Bonchev–Trinajstić information content (AvgIpc) is 2.63. The van der Waals surface area contributed by atoms with Crippen LogP contribution in [0.25, 0.3) is 0 Å². The molecule has 0 aromatic heterocycles. The second-order valence-electron chi connectivity index (χ2n) is 7.95. The maximum absolute atomic E-state index is 12.0. The van der Waals surface area contributed by atoms with Gasteiger partial charge in [0.05, 0.1) is 4.90 Å². The Bertz CT molecular complexity index is 971. The lowest BCUT2D eigenvalue weighted by atomic mass is 10.1. The molecule has 7 nitrogen and oxygen atoms in total. The minimum absolute atomic E-state index is 0.0533. The standard InChI is InChI=1S/C21H28BrN3O4S/c1-21(2,3)25-20(26)14-29-19-9-6-17(22)12-16(19)13-24-11-10-15-4-7-18(8-5-15)30(23,27)28/h4-9,12,24H,10-11,13-14H2,1-3H3,(H,25,26)(H2,23,27,28). The predicted octanol–water partition coefficient (Wildman–Crippen LogP) is 2.72. The van der Waals surface area contributed by atoms with Crippen LogP contribution in [0.1, 0.15) is 31.9 Å². The minimum Gasteiger partial charge on any atom is -0.483 e. The Hall–Kier alpha value is -1.94. The fraction of sp³-hybridized carbons (Fsp3) is 0.381. The smallest absolute Gasteiger partial charge is 0.258 e. The van der Waals surface area contributed by atoms with Crippen molar-refractivity contribution in [3.63, 3.8) is 0 Å². The van der Waals surface area contributed by atoms with Crippen LogP contribution in [0.4, 0.5) is 0 Å². The first kappa shape index (κ1) is 24.3. The van der Waals surface area contributed by atoms with E-state index in [1.165, 1.54) is 12.1 Å². The molecule has 0 atom stereocenters. The number of nitrogens with one attached hydrogen (secondary N) is 2. The van der Waals surface area contributed by atoms with Gasteiger partial charge in [-0.05, 0) is 69.6 Å². The van der Waals surface area contributed by atoms with Gasteiger partial charge in [0.15, 0.2) is 6.61 Å². The van der Waals surface area contributed by atoms with Crippen molar-refractivity contribution in [1.82, 2.24) is 10.6 Å². The van der Waals surface area contributed by atoms with Crippen molar-refractivity contribution in [2.45, 2.75) is 44.2 Å². The zero-order chi connectivity index (χ0) is 22.4. The van der Waals surface area contributed by atoms with Gasteiger partial charge in [0.25, 0.3) is 5.91 Å². The summed E-state index contributed by atoms with van der Waals surface area (Å²) < 4.78 is 29.3. The third-order valence-corrected chi connectivity index (χ3v) is 5.48. The van der Waals surface area contributed by atoms with Crippen LogP contribution in [0.2, 0.25) is 0 Å². The van der Waals surface area contributed by atoms with Crippen molar-refractivity contribution in [1.29, 1.82) is 0 Å². The highest BCUT2D eigenvalue weighted by molar-refractivity contribution is 9.10. The molecular weight excluding hydrogens is 470 g/mol. The average molecular weight is 498 g/mol. The first-order valence-electron chi connectivity index (χ1n) is 9.49. The Kier molecular flexibility index (Phi) is 8.42. The number of halogens is 1. The molecule has 0 aliphatic carbocycles. The molecule has 0 saturated carbocycles. The van der Waals surface area contributed by atoms with Gasteiger partial charge in [-0.15, -0.1) is 0 Å². The molecule has 1 amide bonds. The molecule has 0 aliphatic heterocycles. The third-order valence-electron chi connectivity index (χ3n) is 4.05. The van der Waals surface area contributed by atoms with Crippen LogP contribution < -0.4 is 20.5 Å². The fourth-order valence-electron chi connectivity index (χ4n) is 2.73. The monoisotopic (exact) mass is 497 g/mol. The highest BCUT2D eigenvalue weighted by Gasteiger charge is 2.15. The van der Waals surface area contributed by atoms with E-state index in [0.29, 0.717) is 18.8 Å². The van der Waals surface area contributed by atoms with Gasteiger partial charge >= 0.3 is 0 Å². The van der Waals surface area contributed by atoms with E-state index in [1.54, 1.807) is 12.1 Å². The molecule has 0 fully saturated rings. The summed E-state index contributed by atoms with van der Waals surface area (Å²) in [5.41, 5.74) is 1.62. The highest BCUT2D eigenvalue weighted by atomic mass is 79.9. The van der Waals surface area contributed by atoms with Crippen LogP contribution in [0, 0.1) is 0 Å². The van der Waals surface area contributed by atoms with Crippen LogP contribution in [0.15, 0.2) is 51.8 Å². The number of rotatable bonds is 9. The molecule has 0 bridgehead atoms. The van der Waals surface area contributed by atoms with Crippen molar-refractivity contribution in [3.05, 3.63) is 58.1 Å². The Morgan fingerprint density at radius 2 is 1.80 bits per heavy atom. The van der Waals surface area contributed by atoms with Gasteiger partial charge in [-0.1, -0.05) is 28.1 Å². The molecular formula is C21H28BrN3O4S. The number of nitrogens with two attached hydrogens (primary N) is 1. The van der Waals surface area contributed by atoms with E-state index in [4.69, 9.17) is 9.88 Å². The Balaban J connectivity index is 1.89. The molecule has 0 heterocycles. The molecule has 2 rings (SSSR count). The largest absolute Gasteiger partial charge is 0.483 e. The summed E-state index contributed by atoms with van der Waals surface area (Å²) in [7, 11) is -3.67. The zero-order valence-electron chi connectivity index (χ0n) is 17.4. The van der Waals surface area contributed by atoms with Crippen LogP contribution in [-0.4, -0.2) is 33.0 Å². The van der Waals surface area contributed by atoms with E-state index in [1.807, 2.05) is 39.0 Å². The van der Waals surface area contributed by atoms with Crippen molar-refractivity contribution in [2.24, 2.45) is 5.14 Å². The minimum atomic E-state index is -3.67. The van der Waals surface area contributed by atoms with E-state index in [0.717, 1.165) is 22.0 Å². The van der Waals surface area contributed by atoms with Gasteiger partial charge in [0, 0.05) is 22.1 Å². The summed E-state index contributed by atoms with van der Waals surface area (Å²) in [6.45, 7) is 6.95. The SMILES string of the molecule is CC(C)(C)NC(=O)COc1ccc(Br)cc1CNCCc1ccc(S(N)(=O)=O)cc1. The lowest BCUT2D eigenvalue weighted by Gasteiger charge is -2.21. The van der Waals surface area contributed by atoms with Gasteiger partial charge in [0.1, 0.15) is 5.75 Å². The molecule has 30 heavy (non-hydrogen) atoms. The van der Waals surface area contributed by atoms with Crippen molar-refractivity contribution in [2.75, 3.05) is 13.2 Å². The fourth-order valence-corrected chi connectivity index (χ4v) is 3.65. The molecule has 0 radical (unpaired) electrons. The van der Waals surface area contributed by atoms with Crippen molar-refractivity contribution in [3.8, 4) is 5.75 Å². The summed E-state index contributed by atoms with van der Waals surface area (Å²) in [5.74, 6) is 0.472. The highest BCUT2D eigenvalue weighted by Crippen LogP contribution is 2.23. The van der Waals surface area contributed by atoms with Gasteiger partial charge in [-0.3, -0.25) is 4.79 Å². The number of hydrogen-bond acceptors (Lipinski definition) is 5. The number of hydrogen-bond donors (Lipinski definition) is 3. The van der Waals surface area contributed by atoms with E-state index in [2.05, 4.69) is 26.6 Å². The first-order chi connectivity index (χ1) is 13.9. The molecule has 4 N–H and O–H groups in total. The number of ether oxygens (including phenoxy) is 1. The zero-order valence-corrected chi connectivity index (χ0v) is 19.8. The molecule has 0 saturated heterocycles. The van der Waals surface area contributed by atoms with Gasteiger partial charge in [0.2, 0.25) is 10.0 Å². The molecule has 2 aromatic rings. The lowest BCUT2D eigenvalue weighted by molar-refractivity contribution is -0.124. The number of primary sulfonamides is 1. The summed E-state index contributed by atoms with van der Waals surface area (Å²) in [6.07, 6.45) is 0.725. The summed E-state index contributed by atoms with van der Waals surface area (Å²) in [5, 5.41) is 11.3. The Labute approximate surface area is 186 Å². The molecule has 2 aromatic carbocycles. The quantitative estimate of drug-likeness (QED) is 0.461. The molecule has 9 heteroatoms. The summed E-state index contributed by atoms with van der Waals surface area (Å²) >= 11 is 3.46. The predicted molar refractivity (Wildman–Crippen MR) is 121 cm³/mol. The summed E-state index contributed by atoms with van der Waals surface area (Å²) in [4.78, 5) is 12.1. The van der Waals surface area contributed by atoms with E-state index >= 15 is 0 Å². The lowest BCUT2D eigenvalue weighted by Crippen LogP contribution is -2.43. The topological polar surface area (TPSA) is 111 Å². The number of benzene rings is 2. The van der Waals surface area contributed by atoms with E-state index in [9.17, 15) is 13.2 Å². The molecule has 164 valence electrons. The second-order valence-corrected chi connectivity index (χ2v) is 10.4. The maximum Gasteiger partial charge on any atom is 0.258 e. The normalized spacial score (nSPS) is 11.9. The van der Waals surface area contributed by atoms with E-state index < -0.39 is 10.0 Å². The number of carbonyl (C=O) groups is 1. The maximum atomic E-state index is 12.0. The number of amides is 1. The second kappa shape index (κ2) is 10.4. The van der Waals surface area contributed by atoms with Gasteiger partial charge in [-0.25, -0.2) is 13.6 Å². The van der Waals surface area contributed by atoms with Gasteiger partial charge in [-0.2, -0.15) is 0 Å². The van der Waals surface area contributed by atoms with Crippen LogP contribution in [0.3, 0.4) is 0 Å². The Morgan fingerprint density at radius 1 is 1.13 bits per heavy atom. The third kappa shape index (κ3) is 8.43. The molecule has 0 spiro atoms. The Morgan fingerprint density at radius 3 is 2.40 bits per heavy atom. The van der Waals surface area contributed by atoms with Crippen LogP contribution in [0.5, 0.6) is 5.75 Å². The number of carbonyl (C=O) groups excluding carboxylic acids is 1. The molecule has 0 unspecified atom stereocenters. The first-order valence-corrected chi connectivity index (χ1v) is 11.8. The van der Waals surface area contributed by atoms with Crippen LogP contribution in [-0.2, 0) is 27.8 Å². The van der Waals surface area contributed by atoms with Crippen molar-refractivity contribution < 1.29 is 17.9 Å².